The first kappa shape index (κ1) is 18.0. The van der Waals surface area contributed by atoms with Crippen molar-refractivity contribution in [2.45, 2.75) is 12.3 Å². The Hall–Kier alpha value is -2.78. The number of fused-ring (bicyclic) bond motifs is 1. The lowest BCUT2D eigenvalue weighted by molar-refractivity contribution is 0.571. The van der Waals surface area contributed by atoms with Crippen LogP contribution in [0, 0.1) is 5.82 Å². The fourth-order valence-corrected chi connectivity index (χ4v) is 3.74. The van der Waals surface area contributed by atoms with Gasteiger partial charge in [0.15, 0.2) is 0 Å². The van der Waals surface area contributed by atoms with Crippen LogP contribution < -0.4 is 15.8 Å². The monoisotopic (exact) mass is 377 g/mol. The number of sulfonamides is 1. The number of para-hydroxylation sites is 2. The van der Waals surface area contributed by atoms with Gasteiger partial charge in [-0.05, 0) is 29.8 Å². The SMILES string of the molecule is O=c1[nH]c2ccccc2n(CCNS(=O)(=O)Cc2ccc(F)cc2)c1=O. The molecule has 0 aliphatic heterocycles. The highest BCUT2D eigenvalue weighted by Crippen LogP contribution is 2.08. The first-order valence-electron chi connectivity index (χ1n) is 7.79. The molecule has 0 spiro atoms. The molecule has 0 unspecified atom stereocenters. The Morgan fingerprint density at radius 2 is 1.73 bits per heavy atom. The van der Waals surface area contributed by atoms with Gasteiger partial charge in [0.2, 0.25) is 10.0 Å². The number of rotatable bonds is 6. The van der Waals surface area contributed by atoms with Crippen molar-refractivity contribution in [1.82, 2.24) is 14.3 Å². The third-order valence-electron chi connectivity index (χ3n) is 3.81. The number of hydrogen-bond donors (Lipinski definition) is 2. The summed E-state index contributed by atoms with van der Waals surface area (Å²) in [6.45, 7) is -0.0528. The van der Waals surface area contributed by atoms with Gasteiger partial charge in [0.1, 0.15) is 5.82 Å². The Balaban J connectivity index is 1.74. The number of H-pyrrole nitrogens is 1. The van der Waals surface area contributed by atoms with E-state index in [0.717, 1.165) is 0 Å². The molecule has 26 heavy (non-hydrogen) atoms. The van der Waals surface area contributed by atoms with Gasteiger partial charge in [0.25, 0.3) is 0 Å². The van der Waals surface area contributed by atoms with E-state index in [4.69, 9.17) is 0 Å². The zero-order valence-electron chi connectivity index (χ0n) is 13.6. The largest absolute Gasteiger partial charge is 0.316 e. The van der Waals surface area contributed by atoms with Crippen molar-refractivity contribution < 1.29 is 12.8 Å². The molecule has 0 fully saturated rings. The summed E-state index contributed by atoms with van der Waals surface area (Å²) in [5.41, 5.74) is -0.0712. The van der Waals surface area contributed by atoms with Crippen LogP contribution in [0.15, 0.2) is 58.1 Å². The second kappa shape index (κ2) is 7.22. The molecule has 0 bridgehead atoms. The van der Waals surface area contributed by atoms with Gasteiger partial charge in [0.05, 0.1) is 16.8 Å². The molecule has 0 saturated heterocycles. The summed E-state index contributed by atoms with van der Waals surface area (Å²) in [5, 5.41) is 0. The van der Waals surface area contributed by atoms with Crippen molar-refractivity contribution in [3.63, 3.8) is 0 Å². The van der Waals surface area contributed by atoms with E-state index in [-0.39, 0.29) is 18.8 Å². The summed E-state index contributed by atoms with van der Waals surface area (Å²) in [7, 11) is -3.67. The maximum atomic E-state index is 12.9. The van der Waals surface area contributed by atoms with Crippen LogP contribution in [0.25, 0.3) is 11.0 Å². The van der Waals surface area contributed by atoms with Gasteiger partial charge in [-0.15, -0.1) is 0 Å². The van der Waals surface area contributed by atoms with Crippen LogP contribution in [0.3, 0.4) is 0 Å². The van der Waals surface area contributed by atoms with Crippen molar-refractivity contribution in [2.24, 2.45) is 0 Å². The molecule has 0 saturated carbocycles. The summed E-state index contributed by atoms with van der Waals surface area (Å²) in [4.78, 5) is 26.3. The Kier molecular flexibility index (Phi) is 5.01. The molecular weight excluding hydrogens is 361 g/mol. The number of aromatic amines is 1. The van der Waals surface area contributed by atoms with E-state index in [9.17, 15) is 22.4 Å². The zero-order chi connectivity index (χ0) is 18.7. The number of aromatic nitrogens is 2. The molecule has 3 aromatic rings. The van der Waals surface area contributed by atoms with E-state index in [2.05, 4.69) is 9.71 Å². The van der Waals surface area contributed by atoms with Gasteiger partial charge in [-0.1, -0.05) is 24.3 Å². The maximum Gasteiger partial charge on any atom is 0.316 e. The van der Waals surface area contributed by atoms with Crippen LogP contribution in [0.4, 0.5) is 4.39 Å². The fourth-order valence-electron chi connectivity index (χ4n) is 2.61. The van der Waals surface area contributed by atoms with Crippen molar-refractivity contribution in [2.75, 3.05) is 6.54 Å². The van der Waals surface area contributed by atoms with Crippen LogP contribution in [-0.2, 0) is 22.3 Å². The van der Waals surface area contributed by atoms with Crippen LogP contribution in [0.5, 0.6) is 0 Å². The van der Waals surface area contributed by atoms with E-state index in [0.29, 0.717) is 16.6 Å². The van der Waals surface area contributed by atoms with Crippen LogP contribution in [0.1, 0.15) is 5.56 Å². The third-order valence-corrected chi connectivity index (χ3v) is 5.17. The minimum Gasteiger partial charge on any atom is -0.316 e. The second-order valence-corrected chi connectivity index (χ2v) is 7.51. The number of nitrogens with zero attached hydrogens (tertiary/aromatic N) is 1. The molecule has 0 aliphatic rings. The van der Waals surface area contributed by atoms with Crippen molar-refractivity contribution in [1.29, 1.82) is 0 Å². The lowest BCUT2D eigenvalue weighted by Crippen LogP contribution is -2.39. The van der Waals surface area contributed by atoms with Crippen LogP contribution >= 0.6 is 0 Å². The lowest BCUT2D eigenvalue weighted by atomic mass is 10.2. The summed E-state index contributed by atoms with van der Waals surface area (Å²) < 4.78 is 40.8. The predicted octanol–water partition coefficient (Wildman–Crippen LogP) is 0.948. The highest BCUT2D eigenvalue weighted by atomic mass is 32.2. The van der Waals surface area contributed by atoms with Gasteiger partial charge in [0, 0.05) is 13.1 Å². The standard InChI is InChI=1S/C17H16FN3O4S/c18-13-7-5-12(6-8-13)11-26(24,25)19-9-10-21-15-4-2-1-3-14(15)20-16(22)17(21)23/h1-8,19H,9-11H2,(H,20,22). The van der Waals surface area contributed by atoms with Crippen molar-refractivity contribution in [3.8, 4) is 0 Å². The first-order chi connectivity index (χ1) is 12.4. The van der Waals surface area contributed by atoms with Gasteiger partial charge >= 0.3 is 11.1 Å². The van der Waals surface area contributed by atoms with E-state index >= 15 is 0 Å². The normalized spacial score (nSPS) is 11.7. The Labute approximate surface area is 148 Å². The quantitative estimate of drug-likeness (QED) is 0.625. The molecule has 0 atom stereocenters. The number of nitrogens with one attached hydrogen (secondary N) is 2. The maximum absolute atomic E-state index is 12.9. The molecule has 9 heteroatoms. The first-order valence-corrected chi connectivity index (χ1v) is 9.44. The molecule has 7 nitrogen and oxygen atoms in total. The molecular formula is C17H16FN3O4S. The van der Waals surface area contributed by atoms with E-state index in [1.54, 1.807) is 24.3 Å². The molecule has 136 valence electrons. The molecule has 2 N–H and O–H groups in total. The molecule has 0 radical (unpaired) electrons. The number of halogens is 1. The zero-order valence-corrected chi connectivity index (χ0v) is 14.4. The average Bonchev–Trinajstić information content (AvgIpc) is 2.60. The molecule has 2 aromatic carbocycles. The second-order valence-electron chi connectivity index (χ2n) is 5.71. The fraction of sp³-hybridized carbons (Fsp3) is 0.176. The Bertz CT molecular complexity index is 1150. The Morgan fingerprint density at radius 3 is 2.46 bits per heavy atom. The Morgan fingerprint density at radius 1 is 1.04 bits per heavy atom. The van der Waals surface area contributed by atoms with Gasteiger partial charge < -0.3 is 9.55 Å². The summed E-state index contributed by atoms with van der Waals surface area (Å²) >= 11 is 0. The van der Waals surface area contributed by atoms with Crippen molar-refractivity contribution >= 4 is 21.1 Å². The highest BCUT2D eigenvalue weighted by Gasteiger charge is 2.12. The van der Waals surface area contributed by atoms with Gasteiger partial charge in [-0.25, -0.2) is 17.5 Å². The minimum absolute atomic E-state index is 0.00587. The van der Waals surface area contributed by atoms with E-state index in [1.807, 2.05) is 0 Å². The number of hydrogen-bond acceptors (Lipinski definition) is 4. The summed E-state index contributed by atoms with van der Waals surface area (Å²) in [6, 6.07) is 11.9. The molecule has 0 aliphatic carbocycles. The smallest absolute Gasteiger partial charge is 0.316 e. The van der Waals surface area contributed by atoms with E-state index < -0.39 is 27.0 Å². The van der Waals surface area contributed by atoms with Crippen molar-refractivity contribution in [3.05, 3.63) is 80.6 Å². The molecule has 1 heterocycles. The summed E-state index contributed by atoms with van der Waals surface area (Å²) in [5.74, 6) is -0.752. The number of benzene rings is 2. The molecule has 0 amide bonds. The van der Waals surface area contributed by atoms with Crippen LogP contribution in [0.2, 0.25) is 0 Å². The highest BCUT2D eigenvalue weighted by molar-refractivity contribution is 7.88. The minimum atomic E-state index is -3.67. The molecule has 1 aromatic heterocycles. The lowest BCUT2D eigenvalue weighted by Gasteiger charge is -2.11. The van der Waals surface area contributed by atoms with Crippen LogP contribution in [-0.4, -0.2) is 24.5 Å². The molecule has 3 rings (SSSR count). The average molecular weight is 377 g/mol. The van der Waals surface area contributed by atoms with Gasteiger partial charge in [-0.2, -0.15) is 0 Å². The third kappa shape index (κ3) is 4.06. The van der Waals surface area contributed by atoms with Gasteiger partial charge in [-0.3, -0.25) is 9.59 Å². The predicted molar refractivity (Wildman–Crippen MR) is 95.9 cm³/mol. The van der Waals surface area contributed by atoms with E-state index in [1.165, 1.54) is 28.8 Å². The topological polar surface area (TPSA) is 101 Å². The summed E-state index contributed by atoms with van der Waals surface area (Å²) in [6.07, 6.45) is 0.